The van der Waals surface area contributed by atoms with Crippen LogP contribution in [0.4, 0.5) is 4.39 Å². The summed E-state index contributed by atoms with van der Waals surface area (Å²) in [7, 11) is 1.85. The van der Waals surface area contributed by atoms with E-state index in [1.165, 1.54) is 12.1 Å². The quantitative estimate of drug-likeness (QED) is 0.541. The van der Waals surface area contributed by atoms with Gasteiger partial charge in [0.15, 0.2) is 0 Å². The fourth-order valence-corrected chi connectivity index (χ4v) is 5.61. The minimum atomic E-state index is -0.301. The molecule has 4 saturated heterocycles. The maximum atomic E-state index is 13.3. The molecule has 0 aliphatic carbocycles. The Kier molecular flexibility index (Phi) is 5.08. The first-order valence-electron chi connectivity index (χ1n) is 10.8. The van der Waals surface area contributed by atoms with E-state index in [1.54, 1.807) is 17.0 Å². The molecule has 4 fully saturated rings. The molecule has 164 valence electrons. The topological polar surface area (TPSA) is 94.9 Å². The molecule has 0 radical (unpaired) electrons. The number of halogens is 1. The lowest BCUT2D eigenvalue weighted by Gasteiger charge is -2.49. The maximum Gasteiger partial charge on any atom is 0.232 e. The molecule has 4 heterocycles. The predicted octanol–water partition coefficient (Wildman–Crippen LogP) is 0.0903. The third kappa shape index (κ3) is 3.16. The van der Waals surface area contributed by atoms with E-state index in [1.807, 2.05) is 7.05 Å². The molecule has 0 saturated carbocycles. The molecule has 6 atom stereocenters. The first-order chi connectivity index (χ1) is 14.4. The lowest BCUT2D eigenvalue weighted by molar-refractivity contribution is -0.151. The Bertz CT molecular complexity index is 799. The molecule has 1 aromatic rings. The molecular weight excluding hydrogens is 387 g/mol. The number of amides is 1. The van der Waals surface area contributed by atoms with Crippen molar-refractivity contribution in [2.75, 3.05) is 26.7 Å². The van der Waals surface area contributed by atoms with Crippen LogP contribution in [0.25, 0.3) is 0 Å². The summed E-state index contributed by atoms with van der Waals surface area (Å²) in [5.74, 6) is -0.507. The van der Waals surface area contributed by atoms with E-state index in [9.17, 15) is 9.18 Å². The van der Waals surface area contributed by atoms with Crippen molar-refractivity contribution < 1.29 is 13.9 Å². The van der Waals surface area contributed by atoms with Crippen molar-refractivity contribution in [1.82, 2.24) is 26.0 Å². The average Bonchev–Trinajstić information content (AvgIpc) is 3.29. The number of nitrogens with one attached hydrogen (secondary N) is 3. The highest BCUT2D eigenvalue weighted by atomic mass is 19.1. The van der Waals surface area contributed by atoms with Crippen LogP contribution in [-0.2, 0) is 9.53 Å². The number of nitrogens with two attached hydrogens (primary N) is 1. The van der Waals surface area contributed by atoms with E-state index in [-0.39, 0.29) is 53.7 Å². The molecule has 1 spiro atoms. The van der Waals surface area contributed by atoms with E-state index < -0.39 is 0 Å². The molecule has 5 N–H and O–H groups in total. The summed E-state index contributed by atoms with van der Waals surface area (Å²) < 4.78 is 19.1. The van der Waals surface area contributed by atoms with Gasteiger partial charge in [0, 0.05) is 31.6 Å². The summed E-state index contributed by atoms with van der Waals surface area (Å²) in [6.07, 6.45) is 1.68. The second-order valence-corrected chi connectivity index (χ2v) is 9.25. The summed E-state index contributed by atoms with van der Waals surface area (Å²) in [6.45, 7) is 4.51. The number of carbonyl (C=O) groups is 1. The maximum absolute atomic E-state index is 13.3. The van der Waals surface area contributed by atoms with E-state index in [0.717, 1.165) is 38.1 Å². The SMILES string of the molecule is C[C@@H]1OCC2(CCN(C3NC4NNC(c5ccc(F)cc5)C4C(=O)N3C)CC2)[C@@H]1N. The molecule has 4 aliphatic rings. The molecule has 1 amide bonds. The van der Waals surface area contributed by atoms with Crippen LogP contribution in [0.2, 0.25) is 0 Å². The van der Waals surface area contributed by atoms with Crippen LogP contribution in [0.3, 0.4) is 0 Å². The number of benzene rings is 1. The monoisotopic (exact) mass is 418 g/mol. The van der Waals surface area contributed by atoms with Gasteiger partial charge in [-0.05, 0) is 37.5 Å². The van der Waals surface area contributed by atoms with Gasteiger partial charge in [-0.1, -0.05) is 12.1 Å². The molecular formula is C21H31FN6O2. The van der Waals surface area contributed by atoms with Gasteiger partial charge in [0.05, 0.1) is 30.8 Å². The zero-order chi connectivity index (χ0) is 21.0. The minimum absolute atomic E-state index is 0.0521. The van der Waals surface area contributed by atoms with Gasteiger partial charge >= 0.3 is 0 Å². The molecule has 8 nitrogen and oxygen atoms in total. The van der Waals surface area contributed by atoms with Crippen LogP contribution >= 0.6 is 0 Å². The number of hydrogen-bond donors (Lipinski definition) is 4. The van der Waals surface area contributed by atoms with Crippen LogP contribution in [0, 0.1) is 17.2 Å². The number of carbonyl (C=O) groups excluding carboxylic acids is 1. The Morgan fingerprint density at radius 2 is 1.90 bits per heavy atom. The van der Waals surface area contributed by atoms with Crippen LogP contribution in [0.5, 0.6) is 0 Å². The van der Waals surface area contributed by atoms with E-state index >= 15 is 0 Å². The molecule has 9 heteroatoms. The second-order valence-electron chi connectivity index (χ2n) is 9.25. The zero-order valence-electron chi connectivity index (χ0n) is 17.5. The van der Waals surface area contributed by atoms with Crippen LogP contribution in [-0.4, -0.2) is 67.1 Å². The standard InChI is InChI=1S/C21H31FN6O2/c1-12-17(23)21(11-30-12)7-9-28(10-8-21)20-24-18-15(19(29)27(20)2)16(25-26-18)13-3-5-14(22)6-4-13/h3-6,12,15-18,20,24-26H,7-11,23H2,1-2H3/t12-,15?,16?,17+,18?,20?/m0/s1. The van der Waals surface area contributed by atoms with Gasteiger partial charge in [-0.15, -0.1) is 0 Å². The van der Waals surface area contributed by atoms with Gasteiger partial charge < -0.3 is 15.4 Å². The van der Waals surface area contributed by atoms with Crippen molar-refractivity contribution in [3.05, 3.63) is 35.6 Å². The lowest BCUT2D eigenvalue weighted by atomic mass is 9.73. The van der Waals surface area contributed by atoms with Crippen molar-refractivity contribution in [3.8, 4) is 0 Å². The van der Waals surface area contributed by atoms with Crippen LogP contribution in [0.1, 0.15) is 31.4 Å². The summed E-state index contributed by atoms with van der Waals surface area (Å²) in [6, 6.07) is 6.18. The van der Waals surface area contributed by atoms with Gasteiger partial charge in [-0.3, -0.25) is 15.0 Å². The van der Waals surface area contributed by atoms with Crippen molar-refractivity contribution >= 4 is 5.91 Å². The Morgan fingerprint density at radius 3 is 2.53 bits per heavy atom. The van der Waals surface area contributed by atoms with E-state index in [0.29, 0.717) is 0 Å². The molecule has 30 heavy (non-hydrogen) atoms. The molecule has 0 aromatic heterocycles. The molecule has 0 bridgehead atoms. The Morgan fingerprint density at radius 1 is 1.20 bits per heavy atom. The zero-order valence-corrected chi connectivity index (χ0v) is 17.5. The van der Waals surface area contributed by atoms with E-state index in [4.69, 9.17) is 10.5 Å². The largest absolute Gasteiger partial charge is 0.376 e. The first kappa shape index (κ1) is 20.3. The van der Waals surface area contributed by atoms with Crippen molar-refractivity contribution in [1.29, 1.82) is 0 Å². The summed E-state index contributed by atoms with van der Waals surface area (Å²) in [5.41, 5.74) is 13.8. The second kappa shape index (κ2) is 7.51. The lowest BCUT2D eigenvalue weighted by Crippen LogP contribution is -2.70. The fraction of sp³-hybridized carbons (Fsp3) is 0.667. The van der Waals surface area contributed by atoms with Gasteiger partial charge in [0.2, 0.25) is 5.91 Å². The Labute approximate surface area is 176 Å². The molecule has 5 rings (SSSR count). The number of fused-ring (bicyclic) bond motifs is 1. The van der Waals surface area contributed by atoms with Gasteiger partial charge in [0.25, 0.3) is 0 Å². The normalized spacial score (nSPS) is 38.9. The number of piperidine rings is 1. The molecule has 4 unspecified atom stereocenters. The van der Waals surface area contributed by atoms with Gasteiger partial charge in [-0.25, -0.2) is 15.2 Å². The third-order valence-electron chi connectivity index (χ3n) is 7.66. The Hall–Kier alpha value is -1.62. The van der Waals surface area contributed by atoms with Gasteiger partial charge in [-0.2, -0.15) is 0 Å². The van der Waals surface area contributed by atoms with Crippen molar-refractivity contribution in [2.45, 2.75) is 50.4 Å². The fourth-order valence-electron chi connectivity index (χ4n) is 5.61. The summed E-state index contributed by atoms with van der Waals surface area (Å²) >= 11 is 0. The highest BCUT2D eigenvalue weighted by Crippen LogP contribution is 2.42. The van der Waals surface area contributed by atoms with Gasteiger partial charge in [0.1, 0.15) is 12.1 Å². The number of likely N-dealkylation sites (tertiary alicyclic amines) is 1. The van der Waals surface area contributed by atoms with Crippen molar-refractivity contribution in [3.63, 3.8) is 0 Å². The number of rotatable bonds is 2. The Balaban J connectivity index is 1.28. The first-order valence-corrected chi connectivity index (χ1v) is 10.8. The minimum Gasteiger partial charge on any atom is -0.376 e. The van der Waals surface area contributed by atoms with Crippen LogP contribution < -0.4 is 21.9 Å². The predicted molar refractivity (Wildman–Crippen MR) is 109 cm³/mol. The molecule has 4 aliphatic heterocycles. The highest BCUT2D eigenvalue weighted by molar-refractivity contribution is 5.81. The summed E-state index contributed by atoms with van der Waals surface area (Å²) in [5, 5.41) is 3.60. The number of ether oxygens (including phenoxy) is 1. The smallest absolute Gasteiger partial charge is 0.232 e. The number of hydrogen-bond acceptors (Lipinski definition) is 7. The molecule has 1 aromatic carbocycles. The van der Waals surface area contributed by atoms with Crippen molar-refractivity contribution in [2.24, 2.45) is 17.1 Å². The highest BCUT2D eigenvalue weighted by Gasteiger charge is 2.52. The average molecular weight is 419 g/mol. The van der Waals surface area contributed by atoms with Crippen LogP contribution in [0.15, 0.2) is 24.3 Å². The summed E-state index contributed by atoms with van der Waals surface area (Å²) in [4.78, 5) is 17.4. The number of hydrazine groups is 1. The van der Waals surface area contributed by atoms with E-state index in [2.05, 4.69) is 28.0 Å². The third-order valence-corrected chi connectivity index (χ3v) is 7.66. The number of nitrogens with zero attached hydrogens (tertiary/aromatic N) is 2.